The highest BCUT2D eigenvalue weighted by atomic mass is 16.2. The minimum Gasteiger partial charge on any atom is -0.336 e. The smallest absolute Gasteiger partial charge is 0.255 e. The van der Waals surface area contributed by atoms with Crippen LogP contribution in [-0.2, 0) is 6.54 Å². The summed E-state index contributed by atoms with van der Waals surface area (Å²) in [7, 11) is 0. The first-order valence-electron chi connectivity index (χ1n) is 8.11. The molecule has 0 saturated carbocycles. The van der Waals surface area contributed by atoms with Gasteiger partial charge in [0.15, 0.2) is 0 Å². The van der Waals surface area contributed by atoms with Crippen LogP contribution in [0.4, 0.5) is 0 Å². The summed E-state index contributed by atoms with van der Waals surface area (Å²) < 4.78 is 0. The summed E-state index contributed by atoms with van der Waals surface area (Å²) in [6.07, 6.45) is 1.68. The van der Waals surface area contributed by atoms with Crippen LogP contribution in [0.5, 0.6) is 0 Å². The Morgan fingerprint density at radius 3 is 2.52 bits per heavy atom. The van der Waals surface area contributed by atoms with Crippen molar-refractivity contribution in [1.29, 1.82) is 0 Å². The van der Waals surface area contributed by atoms with Crippen LogP contribution in [0.1, 0.15) is 27.2 Å². The molecule has 2 aromatic rings. The highest BCUT2D eigenvalue weighted by Crippen LogP contribution is 2.12. The molecule has 0 radical (unpaired) electrons. The molecule has 4 nitrogen and oxygen atoms in total. The van der Waals surface area contributed by atoms with Gasteiger partial charge in [0.25, 0.3) is 5.91 Å². The second-order valence-corrected chi connectivity index (χ2v) is 6.25. The van der Waals surface area contributed by atoms with E-state index < -0.39 is 0 Å². The Hall–Kier alpha value is -2.20. The van der Waals surface area contributed by atoms with Crippen LogP contribution in [0, 0.1) is 13.8 Å². The molecule has 0 N–H and O–H groups in total. The number of aromatic nitrogens is 1. The van der Waals surface area contributed by atoms with Crippen molar-refractivity contribution >= 4 is 5.91 Å². The Kier molecular flexibility index (Phi) is 4.72. The normalized spacial score (nSPS) is 15.7. The van der Waals surface area contributed by atoms with Crippen molar-refractivity contribution < 1.29 is 4.79 Å². The van der Waals surface area contributed by atoms with Gasteiger partial charge in [-0.15, -0.1) is 0 Å². The number of carbonyl (C=O) groups is 1. The molecule has 1 amide bonds. The van der Waals surface area contributed by atoms with Crippen molar-refractivity contribution in [3.8, 4) is 0 Å². The standard InChI is InChI=1S/C19H23N3O/c1-15-4-3-5-17(12-15)14-21-8-10-22(11-9-21)19(23)18-7-6-16(2)20-13-18/h3-7,12-13H,8-11,14H2,1-2H3. The molecule has 0 bridgehead atoms. The van der Waals surface area contributed by atoms with E-state index in [1.807, 2.05) is 24.0 Å². The zero-order chi connectivity index (χ0) is 16.2. The minimum absolute atomic E-state index is 0.0905. The van der Waals surface area contributed by atoms with E-state index in [9.17, 15) is 4.79 Å². The number of rotatable bonds is 3. The van der Waals surface area contributed by atoms with E-state index in [-0.39, 0.29) is 5.91 Å². The maximum absolute atomic E-state index is 12.5. The van der Waals surface area contributed by atoms with E-state index in [2.05, 4.69) is 41.1 Å². The van der Waals surface area contributed by atoms with Gasteiger partial charge in [0, 0.05) is 44.6 Å². The van der Waals surface area contributed by atoms with Crippen molar-refractivity contribution in [2.24, 2.45) is 0 Å². The fraction of sp³-hybridized carbons (Fsp3) is 0.368. The SMILES string of the molecule is Cc1cccc(CN2CCN(C(=O)c3ccc(C)nc3)CC2)c1. The number of nitrogens with zero attached hydrogens (tertiary/aromatic N) is 3. The lowest BCUT2D eigenvalue weighted by Crippen LogP contribution is -2.48. The second-order valence-electron chi connectivity index (χ2n) is 6.25. The average molecular weight is 309 g/mol. The number of hydrogen-bond donors (Lipinski definition) is 0. The minimum atomic E-state index is 0.0905. The van der Waals surface area contributed by atoms with Crippen LogP contribution in [0.3, 0.4) is 0 Å². The number of benzene rings is 1. The first kappa shape index (κ1) is 15.7. The Balaban J connectivity index is 1.55. The fourth-order valence-corrected chi connectivity index (χ4v) is 2.95. The van der Waals surface area contributed by atoms with Gasteiger partial charge in [-0.1, -0.05) is 29.8 Å². The van der Waals surface area contributed by atoms with Crippen molar-refractivity contribution in [2.45, 2.75) is 20.4 Å². The maximum atomic E-state index is 12.5. The summed E-state index contributed by atoms with van der Waals surface area (Å²) in [5.41, 5.74) is 4.25. The van der Waals surface area contributed by atoms with Crippen LogP contribution in [0.2, 0.25) is 0 Å². The quantitative estimate of drug-likeness (QED) is 0.874. The lowest BCUT2D eigenvalue weighted by Gasteiger charge is -2.34. The predicted molar refractivity (Wildman–Crippen MR) is 91.3 cm³/mol. The van der Waals surface area contributed by atoms with Gasteiger partial charge in [-0.2, -0.15) is 0 Å². The number of piperazine rings is 1. The molecule has 2 heterocycles. The predicted octanol–water partition coefficient (Wildman–Crippen LogP) is 2.66. The van der Waals surface area contributed by atoms with E-state index >= 15 is 0 Å². The molecule has 1 aromatic heterocycles. The molecule has 0 atom stereocenters. The lowest BCUT2D eigenvalue weighted by atomic mass is 10.1. The summed E-state index contributed by atoms with van der Waals surface area (Å²) in [5, 5.41) is 0. The monoisotopic (exact) mass is 309 g/mol. The average Bonchev–Trinajstić information content (AvgIpc) is 2.56. The molecule has 1 fully saturated rings. The Morgan fingerprint density at radius 1 is 1.09 bits per heavy atom. The Labute approximate surface area is 137 Å². The van der Waals surface area contributed by atoms with Crippen LogP contribution in [-0.4, -0.2) is 46.9 Å². The Morgan fingerprint density at radius 2 is 1.87 bits per heavy atom. The topological polar surface area (TPSA) is 36.4 Å². The highest BCUT2D eigenvalue weighted by molar-refractivity contribution is 5.94. The van der Waals surface area contributed by atoms with Gasteiger partial charge < -0.3 is 4.90 Å². The van der Waals surface area contributed by atoms with Crippen LogP contribution < -0.4 is 0 Å². The summed E-state index contributed by atoms with van der Waals surface area (Å²) in [5.74, 6) is 0.0905. The summed E-state index contributed by atoms with van der Waals surface area (Å²) in [6.45, 7) is 8.39. The van der Waals surface area contributed by atoms with Crippen LogP contribution in [0.25, 0.3) is 0 Å². The molecule has 3 rings (SSSR count). The molecule has 0 spiro atoms. The molecule has 4 heteroatoms. The highest BCUT2D eigenvalue weighted by Gasteiger charge is 2.22. The first-order valence-corrected chi connectivity index (χ1v) is 8.11. The van der Waals surface area contributed by atoms with Gasteiger partial charge in [0.1, 0.15) is 0 Å². The number of carbonyl (C=O) groups excluding carboxylic acids is 1. The Bertz CT molecular complexity index is 673. The van der Waals surface area contributed by atoms with Crippen molar-refractivity contribution in [3.63, 3.8) is 0 Å². The van der Waals surface area contributed by atoms with Gasteiger partial charge >= 0.3 is 0 Å². The zero-order valence-electron chi connectivity index (χ0n) is 13.8. The van der Waals surface area contributed by atoms with Crippen molar-refractivity contribution in [3.05, 3.63) is 65.0 Å². The number of amides is 1. The number of hydrogen-bond acceptors (Lipinski definition) is 3. The van der Waals surface area contributed by atoms with Gasteiger partial charge in [-0.05, 0) is 31.5 Å². The van der Waals surface area contributed by atoms with E-state index in [1.54, 1.807) is 6.20 Å². The number of aryl methyl sites for hydroxylation is 2. The molecular weight excluding hydrogens is 286 g/mol. The van der Waals surface area contributed by atoms with E-state index in [0.29, 0.717) is 5.56 Å². The number of pyridine rings is 1. The molecule has 0 aliphatic carbocycles. The van der Waals surface area contributed by atoms with Crippen LogP contribution >= 0.6 is 0 Å². The van der Waals surface area contributed by atoms with Gasteiger partial charge in [-0.3, -0.25) is 14.7 Å². The molecule has 23 heavy (non-hydrogen) atoms. The molecular formula is C19H23N3O. The van der Waals surface area contributed by atoms with E-state index in [0.717, 1.165) is 38.4 Å². The molecule has 1 aliphatic rings. The van der Waals surface area contributed by atoms with Crippen LogP contribution in [0.15, 0.2) is 42.6 Å². The van der Waals surface area contributed by atoms with Gasteiger partial charge in [0.2, 0.25) is 0 Å². The van der Waals surface area contributed by atoms with Gasteiger partial charge in [-0.25, -0.2) is 0 Å². The summed E-state index contributed by atoms with van der Waals surface area (Å²) >= 11 is 0. The van der Waals surface area contributed by atoms with E-state index in [4.69, 9.17) is 0 Å². The summed E-state index contributed by atoms with van der Waals surface area (Å²) in [4.78, 5) is 21.0. The molecule has 0 unspecified atom stereocenters. The summed E-state index contributed by atoms with van der Waals surface area (Å²) in [6, 6.07) is 12.4. The molecule has 1 saturated heterocycles. The van der Waals surface area contributed by atoms with Crippen molar-refractivity contribution in [2.75, 3.05) is 26.2 Å². The zero-order valence-corrected chi connectivity index (χ0v) is 13.8. The third-order valence-corrected chi connectivity index (χ3v) is 4.31. The second kappa shape index (κ2) is 6.92. The van der Waals surface area contributed by atoms with Gasteiger partial charge in [0.05, 0.1) is 5.56 Å². The molecule has 1 aliphatic heterocycles. The largest absolute Gasteiger partial charge is 0.336 e. The molecule has 120 valence electrons. The fourth-order valence-electron chi connectivity index (χ4n) is 2.95. The third-order valence-electron chi connectivity index (χ3n) is 4.31. The maximum Gasteiger partial charge on any atom is 0.255 e. The molecule has 1 aromatic carbocycles. The third kappa shape index (κ3) is 3.96. The lowest BCUT2D eigenvalue weighted by molar-refractivity contribution is 0.0628. The first-order chi connectivity index (χ1) is 11.1. The van der Waals surface area contributed by atoms with Crippen molar-refractivity contribution in [1.82, 2.24) is 14.8 Å². The van der Waals surface area contributed by atoms with E-state index in [1.165, 1.54) is 11.1 Å².